The number of Topliss-reactive ketones (excluding diaryl/α,β-unsaturated/α-hetero) is 1. The first kappa shape index (κ1) is 17.3. The third-order valence-electron chi connectivity index (χ3n) is 5.25. The number of benzene rings is 2. The normalized spacial score (nSPS) is 15.5. The molecule has 2 heterocycles. The standard InChI is InChI=1S/C22H24N2OS/c1-17-19-9-5-6-10-21(19)26-22(17)20(25)11-12-23-13-15-24(16-14-23)18-7-3-2-4-8-18/h2-10H,11-16H2,1H3. The summed E-state index contributed by atoms with van der Waals surface area (Å²) in [5.74, 6) is 0.286. The van der Waals surface area contributed by atoms with E-state index in [0.29, 0.717) is 6.42 Å². The van der Waals surface area contributed by atoms with Crippen LogP contribution in [0.2, 0.25) is 0 Å². The largest absolute Gasteiger partial charge is 0.369 e. The van der Waals surface area contributed by atoms with Crippen LogP contribution in [0.4, 0.5) is 5.69 Å². The number of rotatable bonds is 5. The van der Waals surface area contributed by atoms with Crippen LogP contribution >= 0.6 is 11.3 Å². The second-order valence-electron chi connectivity index (χ2n) is 6.89. The first-order chi connectivity index (χ1) is 12.7. The zero-order chi connectivity index (χ0) is 17.9. The third kappa shape index (κ3) is 3.53. The van der Waals surface area contributed by atoms with Gasteiger partial charge >= 0.3 is 0 Å². The highest BCUT2D eigenvalue weighted by Gasteiger charge is 2.20. The molecule has 0 spiro atoms. The fraction of sp³-hybridized carbons (Fsp3) is 0.318. The van der Waals surface area contributed by atoms with Crippen LogP contribution in [-0.4, -0.2) is 43.4 Å². The number of thiophene rings is 1. The van der Waals surface area contributed by atoms with E-state index in [1.807, 2.05) is 12.1 Å². The first-order valence-electron chi connectivity index (χ1n) is 9.26. The molecule has 0 atom stereocenters. The van der Waals surface area contributed by atoms with E-state index in [0.717, 1.165) is 43.2 Å². The van der Waals surface area contributed by atoms with E-state index in [1.54, 1.807) is 11.3 Å². The quantitative estimate of drug-likeness (QED) is 0.618. The minimum Gasteiger partial charge on any atom is -0.369 e. The molecule has 3 nitrogen and oxygen atoms in total. The molecular formula is C22H24N2OS. The summed E-state index contributed by atoms with van der Waals surface area (Å²) in [5, 5.41) is 1.22. The van der Waals surface area contributed by atoms with Crippen LogP contribution in [0, 0.1) is 6.92 Å². The lowest BCUT2D eigenvalue weighted by Crippen LogP contribution is -2.46. The predicted molar refractivity (Wildman–Crippen MR) is 111 cm³/mol. The Labute approximate surface area is 158 Å². The van der Waals surface area contributed by atoms with Gasteiger partial charge in [0.05, 0.1) is 4.88 Å². The highest BCUT2D eigenvalue weighted by molar-refractivity contribution is 7.21. The van der Waals surface area contributed by atoms with Gasteiger partial charge in [-0.2, -0.15) is 0 Å². The van der Waals surface area contributed by atoms with E-state index in [2.05, 4.69) is 59.2 Å². The van der Waals surface area contributed by atoms with Crippen LogP contribution in [0.1, 0.15) is 21.7 Å². The Morgan fingerprint density at radius 2 is 1.65 bits per heavy atom. The number of para-hydroxylation sites is 1. The molecule has 0 radical (unpaired) electrons. The smallest absolute Gasteiger partial charge is 0.174 e. The maximum absolute atomic E-state index is 12.7. The number of hydrogen-bond acceptors (Lipinski definition) is 4. The predicted octanol–water partition coefficient (Wildman–Crippen LogP) is 4.60. The minimum atomic E-state index is 0.286. The monoisotopic (exact) mass is 364 g/mol. The summed E-state index contributed by atoms with van der Waals surface area (Å²) in [5.41, 5.74) is 2.44. The van der Waals surface area contributed by atoms with Crippen molar-refractivity contribution in [3.8, 4) is 0 Å². The van der Waals surface area contributed by atoms with Crippen molar-refractivity contribution in [2.45, 2.75) is 13.3 Å². The lowest BCUT2D eigenvalue weighted by Gasteiger charge is -2.36. The number of carbonyl (C=O) groups is 1. The van der Waals surface area contributed by atoms with Crippen molar-refractivity contribution in [2.75, 3.05) is 37.6 Å². The first-order valence-corrected chi connectivity index (χ1v) is 10.1. The zero-order valence-corrected chi connectivity index (χ0v) is 16.0. The van der Waals surface area contributed by atoms with Crippen molar-refractivity contribution in [1.29, 1.82) is 0 Å². The van der Waals surface area contributed by atoms with Gasteiger partial charge in [0.2, 0.25) is 0 Å². The molecule has 2 aromatic carbocycles. The Morgan fingerprint density at radius 1 is 0.962 bits per heavy atom. The van der Waals surface area contributed by atoms with Crippen molar-refractivity contribution < 1.29 is 4.79 Å². The van der Waals surface area contributed by atoms with Crippen molar-refractivity contribution in [3.05, 3.63) is 65.0 Å². The van der Waals surface area contributed by atoms with Gasteiger partial charge in [-0.3, -0.25) is 9.69 Å². The van der Waals surface area contributed by atoms with Gasteiger partial charge in [-0.15, -0.1) is 11.3 Å². The van der Waals surface area contributed by atoms with E-state index in [9.17, 15) is 4.79 Å². The maximum atomic E-state index is 12.7. The van der Waals surface area contributed by atoms with Crippen LogP contribution in [-0.2, 0) is 0 Å². The van der Waals surface area contributed by atoms with E-state index in [4.69, 9.17) is 0 Å². The highest BCUT2D eigenvalue weighted by atomic mass is 32.1. The molecule has 0 amide bonds. The summed E-state index contributed by atoms with van der Waals surface area (Å²) in [4.78, 5) is 18.5. The summed E-state index contributed by atoms with van der Waals surface area (Å²) < 4.78 is 1.21. The summed E-state index contributed by atoms with van der Waals surface area (Å²) in [7, 11) is 0. The molecule has 26 heavy (non-hydrogen) atoms. The summed E-state index contributed by atoms with van der Waals surface area (Å²) in [6, 6.07) is 18.9. The summed E-state index contributed by atoms with van der Waals surface area (Å²) in [6.45, 7) is 7.03. The molecule has 0 N–H and O–H groups in total. The molecule has 1 aromatic heterocycles. The van der Waals surface area contributed by atoms with Gasteiger partial charge in [0.15, 0.2) is 5.78 Å². The number of piperazine rings is 1. The lowest BCUT2D eigenvalue weighted by molar-refractivity contribution is 0.0966. The Kier molecular flexibility index (Phi) is 5.05. The molecule has 1 fully saturated rings. The van der Waals surface area contributed by atoms with Crippen molar-refractivity contribution >= 4 is 32.9 Å². The zero-order valence-electron chi connectivity index (χ0n) is 15.1. The van der Waals surface area contributed by atoms with Crippen LogP contribution < -0.4 is 4.90 Å². The number of anilines is 1. The van der Waals surface area contributed by atoms with Gasteiger partial charge in [-0.05, 0) is 36.1 Å². The Hall–Kier alpha value is -2.17. The second-order valence-corrected chi connectivity index (χ2v) is 7.94. The fourth-order valence-corrected chi connectivity index (χ4v) is 4.86. The van der Waals surface area contributed by atoms with Crippen LogP contribution in [0.15, 0.2) is 54.6 Å². The number of ketones is 1. The number of fused-ring (bicyclic) bond motifs is 1. The van der Waals surface area contributed by atoms with Gasteiger partial charge in [-0.1, -0.05) is 36.4 Å². The molecule has 1 aliphatic heterocycles. The third-order valence-corrected chi connectivity index (χ3v) is 6.56. The van der Waals surface area contributed by atoms with E-state index in [-0.39, 0.29) is 5.78 Å². The SMILES string of the molecule is Cc1c(C(=O)CCN2CCN(c3ccccc3)CC2)sc2ccccc12. The van der Waals surface area contributed by atoms with Crippen LogP contribution in [0.25, 0.3) is 10.1 Å². The molecular weight excluding hydrogens is 340 g/mol. The van der Waals surface area contributed by atoms with Crippen LogP contribution in [0.5, 0.6) is 0 Å². The minimum absolute atomic E-state index is 0.286. The van der Waals surface area contributed by atoms with Gasteiger partial charge in [-0.25, -0.2) is 0 Å². The van der Waals surface area contributed by atoms with Crippen molar-refractivity contribution in [3.63, 3.8) is 0 Å². The molecule has 3 aromatic rings. The molecule has 134 valence electrons. The number of hydrogen-bond donors (Lipinski definition) is 0. The van der Waals surface area contributed by atoms with Gasteiger partial charge in [0.1, 0.15) is 0 Å². The average Bonchev–Trinajstić information content (AvgIpc) is 3.04. The number of nitrogens with zero attached hydrogens (tertiary/aromatic N) is 2. The average molecular weight is 365 g/mol. The lowest BCUT2D eigenvalue weighted by atomic mass is 10.1. The number of aryl methyl sites for hydroxylation is 1. The summed E-state index contributed by atoms with van der Waals surface area (Å²) >= 11 is 1.64. The van der Waals surface area contributed by atoms with Gasteiger partial charge < -0.3 is 4.90 Å². The molecule has 0 aliphatic carbocycles. The molecule has 1 saturated heterocycles. The summed E-state index contributed by atoms with van der Waals surface area (Å²) in [6.07, 6.45) is 0.610. The van der Waals surface area contributed by atoms with E-state index in [1.165, 1.54) is 15.8 Å². The van der Waals surface area contributed by atoms with E-state index < -0.39 is 0 Å². The molecule has 4 heteroatoms. The topological polar surface area (TPSA) is 23.6 Å². The fourth-order valence-electron chi connectivity index (χ4n) is 3.68. The Bertz CT molecular complexity index is 895. The maximum Gasteiger partial charge on any atom is 0.174 e. The molecule has 0 unspecified atom stereocenters. The van der Waals surface area contributed by atoms with Gasteiger partial charge in [0.25, 0.3) is 0 Å². The number of carbonyl (C=O) groups excluding carboxylic acids is 1. The van der Waals surface area contributed by atoms with Crippen LogP contribution in [0.3, 0.4) is 0 Å². The van der Waals surface area contributed by atoms with Crippen molar-refractivity contribution in [1.82, 2.24) is 4.90 Å². The molecule has 0 bridgehead atoms. The van der Waals surface area contributed by atoms with Gasteiger partial charge in [0, 0.05) is 49.5 Å². The second kappa shape index (κ2) is 7.60. The molecule has 0 saturated carbocycles. The Morgan fingerprint density at radius 3 is 2.38 bits per heavy atom. The van der Waals surface area contributed by atoms with Crippen molar-refractivity contribution in [2.24, 2.45) is 0 Å². The Balaban J connectivity index is 1.33. The molecule has 1 aliphatic rings. The van der Waals surface area contributed by atoms with E-state index >= 15 is 0 Å². The highest BCUT2D eigenvalue weighted by Crippen LogP contribution is 2.31. The molecule has 4 rings (SSSR count).